The van der Waals surface area contributed by atoms with Gasteiger partial charge in [-0.3, -0.25) is 9.59 Å². The zero-order valence-electron chi connectivity index (χ0n) is 12.2. The van der Waals surface area contributed by atoms with Crippen LogP contribution in [-0.4, -0.2) is 48.7 Å². The topological polar surface area (TPSA) is 76.1 Å². The molecule has 1 aromatic rings. The molecule has 1 aromatic carbocycles. The Kier molecular flexibility index (Phi) is 4.67. The van der Waals surface area contributed by atoms with E-state index in [2.05, 4.69) is 0 Å². The van der Waals surface area contributed by atoms with E-state index in [1.165, 1.54) is 7.11 Å². The molecule has 0 bridgehead atoms. The fourth-order valence-electron chi connectivity index (χ4n) is 2.40. The molecule has 1 aliphatic heterocycles. The van der Waals surface area contributed by atoms with Gasteiger partial charge >= 0.3 is 5.97 Å². The Morgan fingerprint density at radius 2 is 2.14 bits per heavy atom. The Labute approximate surface area is 123 Å². The van der Waals surface area contributed by atoms with E-state index < -0.39 is 11.9 Å². The third kappa shape index (κ3) is 3.26. The van der Waals surface area contributed by atoms with Crippen LogP contribution >= 0.6 is 0 Å². The molecule has 0 aliphatic carbocycles. The normalized spacial score (nSPS) is 17.6. The number of methoxy groups -OCH3 is 1. The smallest absolute Gasteiger partial charge is 0.308 e. The molecule has 6 nitrogen and oxygen atoms in total. The van der Waals surface area contributed by atoms with E-state index in [0.717, 1.165) is 0 Å². The molecule has 0 radical (unpaired) electrons. The zero-order chi connectivity index (χ0) is 15.4. The number of hydrogen-bond donors (Lipinski definition) is 1. The van der Waals surface area contributed by atoms with Gasteiger partial charge in [-0.25, -0.2) is 0 Å². The number of carboxylic acid groups (broad SMARTS) is 1. The summed E-state index contributed by atoms with van der Waals surface area (Å²) >= 11 is 0. The van der Waals surface area contributed by atoms with E-state index in [0.29, 0.717) is 36.6 Å². The molecule has 0 aromatic heterocycles. The molecule has 0 spiro atoms. The molecule has 2 rings (SSSR count). The number of rotatable bonds is 5. The third-order valence-corrected chi connectivity index (χ3v) is 3.54. The van der Waals surface area contributed by atoms with Gasteiger partial charge in [0.2, 0.25) is 0 Å². The molecule has 0 saturated carbocycles. The number of hydrogen-bond acceptors (Lipinski definition) is 4. The molecule has 1 saturated heterocycles. The lowest BCUT2D eigenvalue weighted by Crippen LogP contribution is -2.29. The summed E-state index contributed by atoms with van der Waals surface area (Å²) in [4.78, 5) is 24.9. The number of likely N-dealkylation sites (tertiary alicyclic amines) is 1. The van der Waals surface area contributed by atoms with Crippen molar-refractivity contribution >= 4 is 11.9 Å². The average molecular weight is 293 g/mol. The third-order valence-electron chi connectivity index (χ3n) is 3.54. The van der Waals surface area contributed by atoms with Crippen LogP contribution < -0.4 is 9.47 Å². The Balaban J connectivity index is 2.14. The molecule has 1 fully saturated rings. The van der Waals surface area contributed by atoms with E-state index >= 15 is 0 Å². The second kappa shape index (κ2) is 6.47. The predicted molar refractivity (Wildman–Crippen MR) is 75.8 cm³/mol. The maximum Gasteiger partial charge on any atom is 0.308 e. The molecule has 1 aliphatic rings. The highest BCUT2D eigenvalue weighted by atomic mass is 16.5. The summed E-state index contributed by atoms with van der Waals surface area (Å²) in [6.07, 6.45) is 0.495. The fraction of sp³-hybridized carbons (Fsp3) is 0.467. The number of amides is 1. The van der Waals surface area contributed by atoms with Crippen molar-refractivity contribution in [1.29, 1.82) is 0 Å². The predicted octanol–water partition coefficient (Wildman–Crippen LogP) is 1.64. The van der Waals surface area contributed by atoms with Crippen LogP contribution in [-0.2, 0) is 4.79 Å². The highest BCUT2D eigenvalue weighted by molar-refractivity contribution is 5.95. The Hall–Kier alpha value is -2.24. The highest BCUT2D eigenvalue weighted by Gasteiger charge is 2.31. The van der Waals surface area contributed by atoms with E-state index in [-0.39, 0.29) is 12.5 Å². The van der Waals surface area contributed by atoms with E-state index in [4.69, 9.17) is 14.6 Å². The van der Waals surface area contributed by atoms with Crippen molar-refractivity contribution < 1.29 is 24.2 Å². The molecule has 0 unspecified atom stereocenters. The van der Waals surface area contributed by atoms with Gasteiger partial charge in [-0.1, -0.05) is 0 Å². The fourth-order valence-corrected chi connectivity index (χ4v) is 2.40. The lowest BCUT2D eigenvalue weighted by atomic mass is 10.1. The lowest BCUT2D eigenvalue weighted by molar-refractivity contribution is -0.141. The van der Waals surface area contributed by atoms with Gasteiger partial charge < -0.3 is 19.5 Å². The summed E-state index contributed by atoms with van der Waals surface area (Å²) in [5, 5.41) is 8.99. The van der Waals surface area contributed by atoms with Crippen molar-refractivity contribution in [1.82, 2.24) is 4.90 Å². The minimum Gasteiger partial charge on any atom is -0.493 e. The van der Waals surface area contributed by atoms with Crippen molar-refractivity contribution in [2.24, 2.45) is 5.92 Å². The SMILES string of the molecule is CCOc1ccc(C(=O)N2CC[C@@H](C(=O)O)C2)cc1OC. The van der Waals surface area contributed by atoms with E-state index in [9.17, 15) is 9.59 Å². The first-order valence-corrected chi connectivity index (χ1v) is 6.89. The molecule has 1 heterocycles. The number of benzene rings is 1. The van der Waals surface area contributed by atoms with Crippen molar-refractivity contribution in [3.05, 3.63) is 23.8 Å². The zero-order valence-corrected chi connectivity index (χ0v) is 12.2. The van der Waals surface area contributed by atoms with Crippen LogP contribution in [0.4, 0.5) is 0 Å². The van der Waals surface area contributed by atoms with Gasteiger partial charge in [0.15, 0.2) is 11.5 Å². The maximum atomic E-state index is 12.4. The largest absolute Gasteiger partial charge is 0.493 e. The first kappa shape index (κ1) is 15.2. The second-order valence-electron chi connectivity index (χ2n) is 4.87. The average Bonchev–Trinajstić information content (AvgIpc) is 2.97. The van der Waals surface area contributed by atoms with Crippen LogP contribution in [0.25, 0.3) is 0 Å². The lowest BCUT2D eigenvalue weighted by Gasteiger charge is -2.17. The first-order chi connectivity index (χ1) is 10.1. The van der Waals surface area contributed by atoms with Crippen molar-refractivity contribution in [3.8, 4) is 11.5 Å². The van der Waals surface area contributed by atoms with Crippen LogP contribution in [0.1, 0.15) is 23.7 Å². The summed E-state index contributed by atoms with van der Waals surface area (Å²) in [7, 11) is 1.52. The summed E-state index contributed by atoms with van der Waals surface area (Å²) in [6.45, 7) is 3.10. The molecular weight excluding hydrogens is 274 g/mol. The Morgan fingerprint density at radius 3 is 2.71 bits per heavy atom. The van der Waals surface area contributed by atoms with Gasteiger partial charge in [-0.2, -0.15) is 0 Å². The van der Waals surface area contributed by atoms with Crippen LogP contribution in [0.2, 0.25) is 0 Å². The maximum absolute atomic E-state index is 12.4. The van der Waals surface area contributed by atoms with Crippen LogP contribution in [0, 0.1) is 5.92 Å². The molecule has 21 heavy (non-hydrogen) atoms. The monoisotopic (exact) mass is 293 g/mol. The standard InChI is InChI=1S/C15H19NO5/c1-3-21-12-5-4-10(8-13(12)20-2)14(17)16-7-6-11(9-16)15(18)19/h4-5,8,11H,3,6-7,9H2,1-2H3,(H,18,19)/t11-/m1/s1. The van der Waals surface area contributed by atoms with Gasteiger partial charge in [-0.05, 0) is 31.5 Å². The van der Waals surface area contributed by atoms with Crippen LogP contribution in [0.5, 0.6) is 11.5 Å². The van der Waals surface area contributed by atoms with Gasteiger partial charge in [0.05, 0.1) is 19.6 Å². The van der Waals surface area contributed by atoms with Gasteiger partial charge in [0, 0.05) is 18.7 Å². The number of carbonyl (C=O) groups excluding carboxylic acids is 1. The number of carbonyl (C=O) groups is 2. The molecule has 1 N–H and O–H groups in total. The molecule has 1 atom stereocenters. The molecule has 1 amide bonds. The summed E-state index contributed by atoms with van der Waals surface area (Å²) in [5.74, 6) is -0.425. The van der Waals surface area contributed by atoms with Crippen LogP contribution in [0.3, 0.4) is 0 Å². The quantitative estimate of drug-likeness (QED) is 0.893. The Morgan fingerprint density at radius 1 is 1.38 bits per heavy atom. The number of carboxylic acids is 1. The van der Waals surface area contributed by atoms with E-state index in [1.54, 1.807) is 23.1 Å². The molecule has 6 heteroatoms. The Bertz CT molecular complexity index is 543. The summed E-state index contributed by atoms with van der Waals surface area (Å²) in [5.41, 5.74) is 0.473. The number of ether oxygens (including phenoxy) is 2. The van der Waals surface area contributed by atoms with Crippen molar-refractivity contribution in [3.63, 3.8) is 0 Å². The van der Waals surface area contributed by atoms with Gasteiger partial charge in [0.25, 0.3) is 5.91 Å². The minimum atomic E-state index is -0.852. The van der Waals surface area contributed by atoms with E-state index in [1.807, 2.05) is 6.92 Å². The molecular formula is C15H19NO5. The minimum absolute atomic E-state index is 0.180. The second-order valence-corrected chi connectivity index (χ2v) is 4.87. The van der Waals surface area contributed by atoms with Crippen molar-refractivity contribution in [2.45, 2.75) is 13.3 Å². The van der Waals surface area contributed by atoms with Crippen molar-refractivity contribution in [2.75, 3.05) is 26.8 Å². The summed E-state index contributed by atoms with van der Waals surface area (Å²) in [6, 6.07) is 4.99. The highest BCUT2D eigenvalue weighted by Crippen LogP contribution is 2.29. The number of nitrogens with zero attached hydrogens (tertiary/aromatic N) is 1. The van der Waals surface area contributed by atoms with Crippen LogP contribution in [0.15, 0.2) is 18.2 Å². The number of aliphatic carboxylic acids is 1. The first-order valence-electron chi connectivity index (χ1n) is 6.89. The van der Waals surface area contributed by atoms with Gasteiger partial charge in [0.1, 0.15) is 0 Å². The van der Waals surface area contributed by atoms with Gasteiger partial charge in [-0.15, -0.1) is 0 Å². The summed E-state index contributed by atoms with van der Waals surface area (Å²) < 4.78 is 10.6. The molecule has 114 valence electrons.